The third-order valence-electron chi connectivity index (χ3n) is 3.67. The van der Waals surface area contributed by atoms with Crippen molar-refractivity contribution in [3.8, 4) is 0 Å². The first-order valence-electron chi connectivity index (χ1n) is 7.09. The van der Waals surface area contributed by atoms with Gasteiger partial charge in [0.05, 0.1) is 19.3 Å². The van der Waals surface area contributed by atoms with Crippen LogP contribution in [-0.2, 0) is 19.6 Å². The summed E-state index contributed by atoms with van der Waals surface area (Å²) in [6.45, 7) is 2.55. The van der Waals surface area contributed by atoms with Gasteiger partial charge in [-0.05, 0) is 12.8 Å². The molecular weight excluding hydrogens is 332 g/mol. The lowest BCUT2D eigenvalue weighted by atomic mass is 10.1. The van der Waals surface area contributed by atoms with Gasteiger partial charge in [0.15, 0.2) is 0 Å². The summed E-state index contributed by atoms with van der Waals surface area (Å²) >= 11 is 0. The van der Waals surface area contributed by atoms with Crippen molar-refractivity contribution in [3.05, 3.63) is 0 Å². The average Bonchev–Trinajstić information content (AvgIpc) is 2.39. The second kappa shape index (κ2) is 8.09. The highest BCUT2D eigenvalue weighted by Crippen LogP contribution is 2.11. The molecule has 1 unspecified atom stereocenters. The number of rotatable bonds is 4. The molecule has 2 amide bonds. The van der Waals surface area contributed by atoms with Gasteiger partial charge in [0.1, 0.15) is 0 Å². The minimum absolute atomic E-state index is 0. The summed E-state index contributed by atoms with van der Waals surface area (Å²) < 4.78 is 25.1. The first-order chi connectivity index (χ1) is 9.85. The maximum atomic E-state index is 12.3. The van der Waals surface area contributed by atoms with Gasteiger partial charge in [-0.1, -0.05) is 0 Å². The number of amides is 2. The van der Waals surface area contributed by atoms with Gasteiger partial charge >= 0.3 is 0 Å². The van der Waals surface area contributed by atoms with Crippen molar-refractivity contribution in [2.75, 3.05) is 45.5 Å². The second-order valence-corrected chi connectivity index (χ2v) is 7.34. The van der Waals surface area contributed by atoms with E-state index < -0.39 is 10.0 Å². The smallest absolute Gasteiger partial charge is 0.242 e. The van der Waals surface area contributed by atoms with E-state index in [-0.39, 0.29) is 43.4 Å². The number of hydrogen-bond donors (Lipinski definition) is 2. The molecule has 0 saturated carbocycles. The van der Waals surface area contributed by atoms with Crippen molar-refractivity contribution in [2.45, 2.75) is 18.9 Å². The third kappa shape index (κ3) is 5.71. The Bertz CT molecular complexity index is 513. The molecule has 0 aliphatic carbocycles. The van der Waals surface area contributed by atoms with Gasteiger partial charge in [-0.25, -0.2) is 13.1 Å². The highest BCUT2D eigenvalue weighted by molar-refractivity contribution is 7.88. The Hall–Kier alpha value is -0.900. The molecule has 2 rings (SSSR count). The molecule has 0 spiro atoms. The van der Waals surface area contributed by atoms with Crippen LogP contribution in [0.3, 0.4) is 0 Å². The number of likely N-dealkylation sites (tertiary alicyclic amines) is 1. The Morgan fingerprint density at radius 3 is 2.77 bits per heavy atom. The first-order valence-corrected chi connectivity index (χ1v) is 8.98. The van der Waals surface area contributed by atoms with Crippen LogP contribution in [0.15, 0.2) is 0 Å². The predicted octanol–water partition coefficient (Wildman–Crippen LogP) is -1.62. The van der Waals surface area contributed by atoms with Crippen molar-refractivity contribution in [2.24, 2.45) is 0 Å². The molecule has 0 aromatic carbocycles. The summed E-state index contributed by atoms with van der Waals surface area (Å²) in [6, 6.07) is -0.239. The van der Waals surface area contributed by atoms with Gasteiger partial charge < -0.3 is 15.1 Å². The summed E-state index contributed by atoms with van der Waals surface area (Å²) in [5.74, 6) is -0.192. The number of halogens is 1. The van der Waals surface area contributed by atoms with E-state index in [0.717, 1.165) is 19.1 Å². The molecule has 10 heteroatoms. The highest BCUT2D eigenvalue weighted by Gasteiger charge is 2.28. The molecule has 2 heterocycles. The van der Waals surface area contributed by atoms with Crippen LogP contribution in [0.5, 0.6) is 0 Å². The number of carbonyl (C=O) groups is 2. The van der Waals surface area contributed by atoms with Gasteiger partial charge in [0.2, 0.25) is 21.8 Å². The zero-order valence-corrected chi connectivity index (χ0v) is 14.2. The van der Waals surface area contributed by atoms with Crippen LogP contribution in [-0.4, -0.2) is 81.6 Å². The molecule has 0 radical (unpaired) electrons. The number of piperazine rings is 1. The molecule has 0 aromatic rings. The van der Waals surface area contributed by atoms with E-state index in [9.17, 15) is 18.0 Å². The maximum Gasteiger partial charge on any atom is 0.242 e. The number of piperidine rings is 1. The van der Waals surface area contributed by atoms with Crippen molar-refractivity contribution in [1.29, 1.82) is 0 Å². The summed E-state index contributed by atoms with van der Waals surface area (Å²) in [6.07, 6.45) is 2.60. The molecular formula is C12H23ClN4O4S. The van der Waals surface area contributed by atoms with E-state index in [1.807, 2.05) is 0 Å². The number of sulfonamides is 1. The number of nitrogens with zero attached hydrogens (tertiary/aromatic N) is 2. The lowest BCUT2D eigenvalue weighted by molar-refractivity contribution is -0.141. The average molecular weight is 355 g/mol. The molecule has 0 aromatic heterocycles. The van der Waals surface area contributed by atoms with Gasteiger partial charge in [0.25, 0.3) is 0 Å². The first kappa shape index (κ1) is 19.1. The van der Waals surface area contributed by atoms with Gasteiger partial charge in [-0.15, -0.1) is 12.4 Å². The lowest BCUT2D eigenvalue weighted by Gasteiger charge is -2.35. The number of hydrogen-bond acceptors (Lipinski definition) is 5. The largest absolute Gasteiger partial charge is 0.340 e. The maximum absolute atomic E-state index is 12.3. The fraction of sp³-hybridized carbons (Fsp3) is 0.833. The minimum Gasteiger partial charge on any atom is -0.340 e. The van der Waals surface area contributed by atoms with Crippen LogP contribution in [0.4, 0.5) is 0 Å². The molecule has 2 N–H and O–H groups in total. The topological polar surface area (TPSA) is 98.8 Å². The lowest BCUT2D eigenvalue weighted by Crippen LogP contribution is -2.55. The van der Waals surface area contributed by atoms with E-state index in [0.29, 0.717) is 26.2 Å². The number of nitrogens with one attached hydrogen (secondary N) is 2. The van der Waals surface area contributed by atoms with E-state index in [1.165, 1.54) is 0 Å². The number of carbonyl (C=O) groups excluding carboxylic acids is 2. The van der Waals surface area contributed by atoms with E-state index in [4.69, 9.17) is 0 Å². The molecule has 2 aliphatic heterocycles. The van der Waals surface area contributed by atoms with Crippen LogP contribution in [0, 0.1) is 0 Å². The van der Waals surface area contributed by atoms with Crippen molar-refractivity contribution < 1.29 is 18.0 Å². The normalized spacial score (nSPS) is 23.1. The molecule has 2 aliphatic rings. The Kier molecular flexibility index (Phi) is 7.04. The second-order valence-electron chi connectivity index (χ2n) is 5.56. The molecule has 0 bridgehead atoms. The van der Waals surface area contributed by atoms with Crippen LogP contribution < -0.4 is 10.0 Å². The molecule has 22 heavy (non-hydrogen) atoms. The van der Waals surface area contributed by atoms with Crippen molar-refractivity contribution >= 4 is 34.2 Å². The Morgan fingerprint density at radius 1 is 1.41 bits per heavy atom. The van der Waals surface area contributed by atoms with Gasteiger partial charge in [-0.3, -0.25) is 9.59 Å². The summed E-state index contributed by atoms with van der Waals surface area (Å²) in [7, 11) is -3.27. The van der Waals surface area contributed by atoms with E-state index in [2.05, 4.69) is 10.0 Å². The van der Waals surface area contributed by atoms with E-state index in [1.54, 1.807) is 9.80 Å². The molecule has 2 fully saturated rings. The zero-order chi connectivity index (χ0) is 15.5. The quantitative estimate of drug-likeness (QED) is 0.632. The van der Waals surface area contributed by atoms with Gasteiger partial charge in [-0.2, -0.15) is 0 Å². The van der Waals surface area contributed by atoms with Gasteiger partial charge in [0, 0.05) is 32.2 Å². The Labute approximate surface area is 137 Å². The van der Waals surface area contributed by atoms with Crippen LogP contribution >= 0.6 is 12.4 Å². The standard InChI is InChI=1S/C12H22N4O4S.ClH/c1-21(19,20)14-10-3-2-5-15(8-10)12(18)9-16-6-4-13-7-11(16)17;/h10,13-14H,2-9H2,1H3;1H. The SMILES string of the molecule is CS(=O)(=O)NC1CCCN(C(=O)CN2CCNCC2=O)C1.Cl. The third-order valence-corrected chi connectivity index (χ3v) is 4.43. The zero-order valence-electron chi connectivity index (χ0n) is 12.6. The monoisotopic (exact) mass is 354 g/mol. The Morgan fingerprint density at radius 2 is 2.14 bits per heavy atom. The summed E-state index contributed by atoms with van der Waals surface area (Å²) in [5, 5.41) is 2.96. The summed E-state index contributed by atoms with van der Waals surface area (Å²) in [4.78, 5) is 27.1. The molecule has 128 valence electrons. The minimum atomic E-state index is -3.27. The highest BCUT2D eigenvalue weighted by atomic mass is 35.5. The Balaban J connectivity index is 0.00000242. The molecule has 1 atom stereocenters. The fourth-order valence-corrected chi connectivity index (χ4v) is 3.48. The van der Waals surface area contributed by atoms with E-state index >= 15 is 0 Å². The van der Waals surface area contributed by atoms with Crippen molar-refractivity contribution in [1.82, 2.24) is 19.8 Å². The summed E-state index contributed by atoms with van der Waals surface area (Å²) in [5.41, 5.74) is 0. The van der Waals surface area contributed by atoms with Crippen LogP contribution in [0.1, 0.15) is 12.8 Å². The molecule has 8 nitrogen and oxygen atoms in total. The van der Waals surface area contributed by atoms with Crippen LogP contribution in [0.25, 0.3) is 0 Å². The fourth-order valence-electron chi connectivity index (χ4n) is 2.68. The van der Waals surface area contributed by atoms with Crippen molar-refractivity contribution in [3.63, 3.8) is 0 Å². The predicted molar refractivity (Wildman–Crippen MR) is 84.3 cm³/mol. The van der Waals surface area contributed by atoms with Crippen LogP contribution in [0.2, 0.25) is 0 Å². The molecule has 2 saturated heterocycles.